The van der Waals surface area contributed by atoms with Crippen LogP contribution in [0.3, 0.4) is 0 Å². The molecule has 30 heavy (non-hydrogen) atoms. The Bertz CT molecular complexity index is 978. The summed E-state index contributed by atoms with van der Waals surface area (Å²) in [6.07, 6.45) is 7.65. The molecule has 0 aliphatic carbocycles. The topological polar surface area (TPSA) is 58.1 Å². The molecule has 1 N–H and O–H groups in total. The molecule has 1 unspecified atom stereocenters. The number of carbonyl (C=O) groups is 1. The fourth-order valence-corrected chi connectivity index (χ4v) is 4.15. The Morgan fingerprint density at radius 3 is 2.63 bits per heavy atom. The van der Waals surface area contributed by atoms with Gasteiger partial charge in [0.1, 0.15) is 6.33 Å². The fraction of sp³-hybridized carbons (Fsp3) is 0.292. The molecule has 0 bridgehead atoms. The van der Waals surface area contributed by atoms with Crippen molar-refractivity contribution in [1.82, 2.24) is 20.2 Å². The van der Waals surface area contributed by atoms with E-state index in [0.717, 1.165) is 49.2 Å². The van der Waals surface area contributed by atoms with Crippen molar-refractivity contribution in [3.8, 4) is 11.1 Å². The highest BCUT2D eigenvalue weighted by Crippen LogP contribution is 2.20. The SMILES string of the molecule is O=C(Cc1cccc(Cl)c1)NC1CCCN(Cc2ccc(-c3cncnc3)cc2)C1. The van der Waals surface area contributed by atoms with Crippen LogP contribution in [0, 0.1) is 0 Å². The maximum atomic E-state index is 12.4. The van der Waals surface area contributed by atoms with Crippen molar-refractivity contribution in [2.24, 2.45) is 0 Å². The molecule has 1 aliphatic heterocycles. The van der Waals surface area contributed by atoms with Crippen LogP contribution >= 0.6 is 11.6 Å². The summed E-state index contributed by atoms with van der Waals surface area (Å²) in [6.45, 7) is 2.80. The number of benzene rings is 2. The molecule has 0 spiro atoms. The Morgan fingerprint density at radius 1 is 1.07 bits per heavy atom. The number of aromatic nitrogens is 2. The monoisotopic (exact) mass is 420 g/mol. The summed E-state index contributed by atoms with van der Waals surface area (Å²) in [6, 6.07) is 16.2. The zero-order chi connectivity index (χ0) is 20.8. The Kier molecular flexibility index (Phi) is 6.72. The number of amides is 1. The largest absolute Gasteiger partial charge is 0.352 e. The van der Waals surface area contributed by atoms with E-state index in [9.17, 15) is 4.79 Å². The molecule has 1 amide bonds. The molecule has 6 heteroatoms. The molecule has 3 aromatic rings. The average Bonchev–Trinajstić information content (AvgIpc) is 2.75. The maximum absolute atomic E-state index is 12.4. The molecule has 1 aliphatic rings. The lowest BCUT2D eigenvalue weighted by molar-refractivity contribution is -0.121. The summed E-state index contributed by atoms with van der Waals surface area (Å²) in [5, 5.41) is 3.86. The van der Waals surface area contributed by atoms with Crippen molar-refractivity contribution in [3.63, 3.8) is 0 Å². The van der Waals surface area contributed by atoms with E-state index in [-0.39, 0.29) is 11.9 Å². The predicted molar refractivity (Wildman–Crippen MR) is 119 cm³/mol. The van der Waals surface area contributed by atoms with E-state index in [0.29, 0.717) is 11.4 Å². The van der Waals surface area contributed by atoms with Gasteiger partial charge in [-0.3, -0.25) is 9.69 Å². The second kappa shape index (κ2) is 9.83. The normalized spacial score (nSPS) is 16.9. The second-order valence-corrected chi connectivity index (χ2v) is 8.21. The first-order valence-electron chi connectivity index (χ1n) is 10.3. The molecule has 0 radical (unpaired) electrons. The van der Waals surface area contributed by atoms with Gasteiger partial charge in [-0.1, -0.05) is 48.0 Å². The molecule has 2 heterocycles. The van der Waals surface area contributed by atoms with Gasteiger partial charge in [0.2, 0.25) is 5.91 Å². The molecule has 1 fully saturated rings. The third-order valence-corrected chi connectivity index (χ3v) is 5.61. The van der Waals surface area contributed by atoms with Crippen LogP contribution in [-0.2, 0) is 17.8 Å². The Morgan fingerprint density at radius 2 is 1.87 bits per heavy atom. The van der Waals surface area contributed by atoms with E-state index in [1.807, 2.05) is 36.7 Å². The van der Waals surface area contributed by atoms with Crippen LogP contribution in [0.15, 0.2) is 67.3 Å². The third kappa shape index (κ3) is 5.65. The molecule has 1 aromatic heterocycles. The minimum Gasteiger partial charge on any atom is -0.352 e. The van der Waals surface area contributed by atoms with E-state index in [1.54, 1.807) is 6.33 Å². The number of nitrogens with one attached hydrogen (secondary N) is 1. The third-order valence-electron chi connectivity index (χ3n) is 5.38. The Labute approximate surface area is 182 Å². The number of hydrogen-bond donors (Lipinski definition) is 1. The quantitative estimate of drug-likeness (QED) is 0.651. The van der Waals surface area contributed by atoms with Crippen LogP contribution < -0.4 is 5.32 Å². The smallest absolute Gasteiger partial charge is 0.224 e. The maximum Gasteiger partial charge on any atom is 0.224 e. The molecule has 154 valence electrons. The highest BCUT2D eigenvalue weighted by molar-refractivity contribution is 6.30. The van der Waals surface area contributed by atoms with Crippen molar-refractivity contribution >= 4 is 17.5 Å². The van der Waals surface area contributed by atoms with Gasteiger partial charge in [-0.15, -0.1) is 0 Å². The second-order valence-electron chi connectivity index (χ2n) is 7.77. The van der Waals surface area contributed by atoms with Gasteiger partial charge >= 0.3 is 0 Å². The molecular formula is C24H25ClN4O. The number of hydrogen-bond acceptors (Lipinski definition) is 4. The van der Waals surface area contributed by atoms with Crippen LogP contribution in [0.5, 0.6) is 0 Å². The average molecular weight is 421 g/mol. The number of carbonyl (C=O) groups excluding carboxylic acids is 1. The van der Waals surface area contributed by atoms with Crippen molar-refractivity contribution in [1.29, 1.82) is 0 Å². The summed E-state index contributed by atoms with van der Waals surface area (Å²) >= 11 is 6.02. The fourth-order valence-electron chi connectivity index (χ4n) is 3.94. The number of nitrogens with zero attached hydrogens (tertiary/aromatic N) is 3. The number of likely N-dealkylation sites (tertiary alicyclic amines) is 1. The van der Waals surface area contributed by atoms with Gasteiger partial charge in [0.05, 0.1) is 6.42 Å². The number of rotatable bonds is 6. The van der Waals surface area contributed by atoms with Gasteiger partial charge in [-0.25, -0.2) is 9.97 Å². The first-order valence-corrected chi connectivity index (χ1v) is 10.6. The molecule has 5 nitrogen and oxygen atoms in total. The van der Waals surface area contributed by atoms with Gasteiger partial charge in [-0.2, -0.15) is 0 Å². The zero-order valence-corrected chi connectivity index (χ0v) is 17.6. The van der Waals surface area contributed by atoms with Crippen molar-refractivity contribution in [2.45, 2.75) is 31.8 Å². The van der Waals surface area contributed by atoms with Crippen LogP contribution in [0.25, 0.3) is 11.1 Å². The molecular weight excluding hydrogens is 396 g/mol. The summed E-state index contributed by atoms with van der Waals surface area (Å²) in [4.78, 5) is 23.0. The first kappa shape index (κ1) is 20.5. The van der Waals surface area contributed by atoms with E-state index >= 15 is 0 Å². The van der Waals surface area contributed by atoms with Gasteiger partial charge in [0.15, 0.2) is 0 Å². The lowest BCUT2D eigenvalue weighted by Crippen LogP contribution is -2.47. The Hall–Kier alpha value is -2.76. The molecule has 2 aromatic carbocycles. The van der Waals surface area contributed by atoms with Gasteiger partial charge < -0.3 is 5.32 Å². The van der Waals surface area contributed by atoms with Crippen LogP contribution in [0.4, 0.5) is 0 Å². The Balaban J connectivity index is 1.30. The van der Waals surface area contributed by atoms with Gasteiger partial charge in [0.25, 0.3) is 0 Å². The first-order chi connectivity index (χ1) is 14.7. The lowest BCUT2D eigenvalue weighted by atomic mass is 10.0. The summed E-state index contributed by atoms with van der Waals surface area (Å²) in [5.41, 5.74) is 4.34. The standard InChI is InChI=1S/C24H25ClN4O/c25-22-4-1-3-19(11-22)12-24(30)28-23-5-2-10-29(16-23)15-18-6-8-20(9-7-18)21-13-26-17-27-14-21/h1,3-4,6-9,11,13-14,17,23H,2,5,10,12,15-16H2,(H,28,30). The minimum absolute atomic E-state index is 0.0542. The van der Waals surface area contributed by atoms with E-state index in [1.165, 1.54) is 5.56 Å². The van der Waals surface area contributed by atoms with Crippen LogP contribution in [0.2, 0.25) is 5.02 Å². The van der Waals surface area contributed by atoms with Crippen LogP contribution in [-0.4, -0.2) is 39.9 Å². The highest BCUT2D eigenvalue weighted by Gasteiger charge is 2.21. The van der Waals surface area contributed by atoms with Gasteiger partial charge in [-0.05, 0) is 48.2 Å². The predicted octanol–water partition coefficient (Wildman–Crippen LogP) is 4.12. The molecule has 1 saturated heterocycles. The lowest BCUT2D eigenvalue weighted by Gasteiger charge is -2.33. The van der Waals surface area contributed by atoms with Crippen LogP contribution in [0.1, 0.15) is 24.0 Å². The van der Waals surface area contributed by atoms with E-state index < -0.39 is 0 Å². The number of halogens is 1. The van der Waals surface area contributed by atoms with E-state index in [2.05, 4.69) is 44.5 Å². The van der Waals surface area contributed by atoms with Crippen molar-refractivity contribution in [3.05, 3.63) is 83.4 Å². The minimum atomic E-state index is 0.0542. The molecule has 0 saturated carbocycles. The number of piperidine rings is 1. The molecule has 1 atom stereocenters. The van der Waals surface area contributed by atoms with E-state index in [4.69, 9.17) is 11.6 Å². The highest BCUT2D eigenvalue weighted by atomic mass is 35.5. The summed E-state index contributed by atoms with van der Waals surface area (Å²) in [7, 11) is 0. The molecule has 4 rings (SSSR count). The van der Waals surface area contributed by atoms with Crippen molar-refractivity contribution in [2.75, 3.05) is 13.1 Å². The van der Waals surface area contributed by atoms with Gasteiger partial charge in [0, 0.05) is 42.1 Å². The summed E-state index contributed by atoms with van der Waals surface area (Å²) in [5.74, 6) is 0.0542. The van der Waals surface area contributed by atoms with Crippen molar-refractivity contribution < 1.29 is 4.79 Å². The zero-order valence-electron chi connectivity index (χ0n) is 16.8. The summed E-state index contributed by atoms with van der Waals surface area (Å²) < 4.78 is 0.